The highest BCUT2D eigenvalue weighted by atomic mass is 16.3. The number of furan rings is 1. The number of piperazine rings is 1. The third-order valence-corrected chi connectivity index (χ3v) is 4.13. The van der Waals surface area contributed by atoms with Crippen molar-refractivity contribution in [2.24, 2.45) is 0 Å². The molecule has 23 heavy (non-hydrogen) atoms. The van der Waals surface area contributed by atoms with E-state index in [1.54, 1.807) is 29.1 Å². The van der Waals surface area contributed by atoms with Crippen molar-refractivity contribution in [3.05, 3.63) is 48.7 Å². The van der Waals surface area contributed by atoms with Crippen molar-refractivity contribution in [3.63, 3.8) is 0 Å². The van der Waals surface area contributed by atoms with E-state index in [1.807, 2.05) is 18.3 Å². The second-order valence-corrected chi connectivity index (χ2v) is 5.57. The Labute approximate surface area is 133 Å². The molecule has 0 aliphatic carbocycles. The third kappa shape index (κ3) is 2.70. The average Bonchev–Trinajstić information content (AvgIpc) is 3.25. The molecule has 1 fully saturated rings. The van der Waals surface area contributed by atoms with E-state index in [4.69, 9.17) is 4.42 Å². The van der Waals surface area contributed by atoms with E-state index in [2.05, 4.69) is 19.8 Å². The largest absolute Gasteiger partial charge is 0.449 e. The van der Waals surface area contributed by atoms with Gasteiger partial charge in [-0.25, -0.2) is 9.97 Å². The maximum Gasteiger partial charge on any atom is 0.234 e. The van der Waals surface area contributed by atoms with Gasteiger partial charge in [0.1, 0.15) is 5.69 Å². The highest BCUT2D eigenvalue weighted by Gasteiger charge is 2.22. The summed E-state index contributed by atoms with van der Waals surface area (Å²) >= 11 is 0. The number of carbonyl (C=O) groups excluding carboxylic acids is 1. The molecule has 3 aromatic rings. The lowest BCUT2D eigenvalue weighted by Crippen LogP contribution is -2.48. The molecule has 1 aliphatic rings. The average molecular weight is 311 g/mol. The Morgan fingerprint density at radius 2 is 2.04 bits per heavy atom. The maximum absolute atomic E-state index is 12.5. The standard InChI is InChI=1S/C16H17N5O2/c22-14(13-11-18-16-17-4-2-5-21(13)16)12-19-6-8-20(9-7-19)15-3-1-10-23-15/h1-5,10-11H,6-9,12H2. The number of anilines is 1. The molecule has 0 unspecified atom stereocenters. The SMILES string of the molecule is O=C(CN1CCN(c2ccco2)CC1)c1cnc2ncccn12. The first-order chi connectivity index (χ1) is 11.3. The van der Waals surface area contributed by atoms with Crippen molar-refractivity contribution in [2.75, 3.05) is 37.6 Å². The Hall–Kier alpha value is -2.67. The minimum Gasteiger partial charge on any atom is -0.449 e. The van der Waals surface area contributed by atoms with Crippen molar-refractivity contribution in [1.29, 1.82) is 0 Å². The van der Waals surface area contributed by atoms with Gasteiger partial charge in [0.05, 0.1) is 19.0 Å². The van der Waals surface area contributed by atoms with Crippen LogP contribution in [-0.4, -0.2) is 57.8 Å². The van der Waals surface area contributed by atoms with Gasteiger partial charge in [-0.15, -0.1) is 0 Å². The number of fused-ring (bicyclic) bond motifs is 1. The van der Waals surface area contributed by atoms with Crippen LogP contribution in [0.3, 0.4) is 0 Å². The van der Waals surface area contributed by atoms with Crippen LogP contribution in [0.1, 0.15) is 10.5 Å². The van der Waals surface area contributed by atoms with Crippen molar-refractivity contribution in [1.82, 2.24) is 19.3 Å². The zero-order valence-electron chi connectivity index (χ0n) is 12.6. The fourth-order valence-corrected chi connectivity index (χ4v) is 2.89. The zero-order chi connectivity index (χ0) is 15.6. The van der Waals surface area contributed by atoms with Crippen LogP contribution in [0.5, 0.6) is 0 Å². The molecule has 1 saturated heterocycles. The molecule has 0 N–H and O–H groups in total. The summed E-state index contributed by atoms with van der Waals surface area (Å²) in [7, 11) is 0. The molecule has 3 aromatic heterocycles. The second-order valence-electron chi connectivity index (χ2n) is 5.57. The number of rotatable bonds is 4. The third-order valence-electron chi connectivity index (χ3n) is 4.13. The van der Waals surface area contributed by atoms with Gasteiger partial charge in [0.2, 0.25) is 5.78 Å². The molecule has 118 valence electrons. The Balaban J connectivity index is 1.40. The zero-order valence-corrected chi connectivity index (χ0v) is 12.6. The lowest BCUT2D eigenvalue weighted by Gasteiger charge is -2.34. The van der Waals surface area contributed by atoms with Crippen LogP contribution in [0.25, 0.3) is 5.78 Å². The molecule has 1 aliphatic heterocycles. The Morgan fingerprint density at radius 3 is 2.83 bits per heavy atom. The molecule has 7 heteroatoms. The summed E-state index contributed by atoms with van der Waals surface area (Å²) in [5.41, 5.74) is 0.585. The number of hydrogen-bond donors (Lipinski definition) is 0. The number of aromatic nitrogens is 3. The van der Waals surface area contributed by atoms with Gasteiger partial charge in [-0.2, -0.15) is 0 Å². The van der Waals surface area contributed by atoms with Crippen molar-refractivity contribution >= 4 is 17.4 Å². The van der Waals surface area contributed by atoms with Crippen LogP contribution >= 0.6 is 0 Å². The molecule has 0 aromatic carbocycles. The molecule has 0 atom stereocenters. The van der Waals surface area contributed by atoms with E-state index in [0.29, 0.717) is 18.0 Å². The van der Waals surface area contributed by atoms with Gasteiger partial charge >= 0.3 is 0 Å². The van der Waals surface area contributed by atoms with Crippen LogP contribution < -0.4 is 4.90 Å². The summed E-state index contributed by atoms with van der Waals surface area (Å²) < 4.78 is 7.16. The van der Waals surface area contributed by atoms with E-state index in [9.17, 15) is 4.79 Å². The number of hydrogen-bond acceptors (Lipinski definition) is 6. The molecule has 4 rings (SSSR count). The summed E-state index contributed by atoms with van der Waals surface area (Å²) in [6.07, 6.45) is 6.77. The fourth-order valence-electron chi connectivity index (χ4n) is 2.89. The molecule has 7 nitrogen and oxygen atoms in total. The topological polar surface area (TPSA) is 66.9 Å². The molecule has 0 bridgehead atoms. The molecule has 0 spiro atoms. The Morgan fingerprint density at radius 1 is 1.17 bits per heavy atom. The van der Waals surface area contributed by atoms with E-state index in [0.717, 1.165) is 32.1 Å². The molecule has 0 saturated carbocycles. The number of ketones is 1. The van der Waals surface area contributed by atoms with Gasteiger partial charge in [-0.3, -0.25) is 14.1 Å². The lowest BCUT2D eigenvalue weighted by atomic mass is 10.2. The number of carbonyl (C=O) groups is 1. The summed E-state index contributed by atoms with van der Waals surface area (Å²) in [5.74, 6) is 1.51. The van der Waals surface area contributed by atoms with Crippen LogP contribution in [0, 0.1) is 0 Å². The summed E-state index contributed by atoms with van der Waals surface area (Å²) in [6, 6.07) is 5.66. The predicted octanol–water partition coefficient (Wildman–Crippen LogP) is 1.33. The molecule has 4 heterocycles. The van der Waals surface area contributed by atoms with Crippen molar-refractivity contribution in [3.8, 4) is 0 Å². The van der Waals surface area contributed by atoms with Crippen LogP contribution in [0.15, 0.2) is 47.5 Å². The Bertz CT molecular complexity index is 803. The number of nitrogens with zero attached hydrogens (tertiary/aromatic N) is 5. The second kappa shape index (κ2) is 5.85. The van der Waals surface area contributed by atoms with Crippen molar-refractivity contribution < 1.29 is 9.21 Å². The van der Waals surface area contributed by atoms with E-state index >= 15 is 0 Å². The summed E-state index contributed by atoms with van der Waals surface area (Å²) in [6.45, 7) is 3.78. The van der Waals surface area contributed by atoms with Gasteiger partial charge in [-0.05, 0) is 12.1 Å². The summed E-state index contributed by atoms with van der Waals surface area (Å²) in [4.78, 5) is 25.2. The molecule has 0 radical (unpaired) electrons. The van der Waals surface area contributed by atoms with E-state index in [-0.39, 0.29) is 5.78 Å². The smallest absolute Gasteiger partial charge is 0.234 e. The van der Waals surface area contributed by atoms with Gasteiger partial charge in [0, 0.05) is 44.6 Å². The minimum absolute atomic E-state index is 0.0666. The monoisotopic (exact) mass is 311 g/mol. The van der Waals surface area contributed by atoms with E-state index in [1.165, 1.54) is 0 Å². The summed E-state index contributed by atoms with van der Waals surface area (Å²) in [5, 5.41) is 0. The Kier molecular flexibility index (Phi) is 3.55. The highest BCUT2D eigenvalue weighted by Crippen LogP contribution is 2.16. The van der Waals surface area contributed by atoms with Gasteiger partial charge in [-0.1, -0.05) is 0 Å². The first-order valence-electron chi connectivity index (χ1n) is 7.63. The predicted molar refractivity (Wildman–Crippen MR) is 84.7 cm³/mol. The highest BCUT2D eigenvalue weighted by molar-refractivity contribution is 5.96. The maximum atomic E-state index is 12.5. The van der Waals surface area contributed by atoms with E-state index < -0.39 is 0 Å². The van der Waals surface area contributed by atoms with Crippen LogP contribution in [0.2, 0.25) is 0 Å². The van der Waals surface area contributed by atoms with Crippen LogP contribution in [0.4, 0.5) is 5.88 Å². The molecular formula is C16H17N5O2. The van der Waals surface area contributed by atoms with Gasteiger partial charge in [0.25, 0.3) is 0 Å². The minimum atomic E-state index is 0.0666. The fraction of sp³-hybridized carbons (Fsp3) is 0.312. The molecule has 0 amide bonds. The number of Topliss-reactive ketones (excluding diaryl/α,β-unsaturated/α-hetero) is 1. The quantitative estimate of drug-likeness (QED) is 0.677. The van der Waals surface area contributed by atoms with Crippen LogP contribution in [-0.2, 0) is 0 Å². The first kappa shape index (κ1) is 14.0. The van der Waals surface area contributed by atoms with Crippen molar-refractivity contribution in [2.45, 2.75) is 0 Å². The number of imidazole rings is 1. The lowest BCUT2D eigenvalue weighted by molar-refractivity contribution is 0.0920. The molecular weight excluding hydrogens is 294 g/mol. The van der Waals surface area contributed by atoms with Gasteiger partial charge < -0.3 is 9.32 Å². The van der Waals surface area contributed by atoms with Gasteiger partial charge in [0.15, 0.2) is 11.7 Å². The normalized spacial score (nSPS) is 16.1. The first-order valence-corrected chi connectivity index (χ1v) is 7.63.